The zero-order chi connectivity index (χ0) is 27.9. The molecule has 0 amide bonds. The number of fused-ring (bicyclic) bond motifs is 1. The van der Waals surface area contributed by atoms with Crippen molar-refractivity contribution in [3.63, 3.8) is 0 Å². The number of rotatable bonds is 4. The molecule has 6 nitrogen and oxygen atoms in total. The molecule has 1 saturated carbocycles. The molecule has 1 saturated heterocycles. The Morgan fingerprint density at radius 3 is 2.58 bits per heavy atom. The second-order valence-corrected chi connectivity index (χ2v) is 15.8. The lowest BCUT2D eigenvalue weighted by molar-refractivity contribution is -0.175. The number of aromatic nitrogens is 2. The van der Waals surface area contributed by atoms with Gasteiger partial charge in [-0.15, -0.1) is 5.54 Å². The molecule has 196 valence electrons. The van der Waals surface area contributed by atoms with Gasteiger partial charge in [0.1, 0.15) is 25.9 Å². The van der Waals surface area contributed by atoms with Crippen molar-refractivity contribution < 1.29 is 23.1 Å². The van der Waals surface area contributed by atoms with Gasteiger partial charge in [-0.05, 0) is 43.0 Å². The average Bonchev–Trinajstić information content (AvgIpc) is 3.11. The fourth-order valence-electron chi connectivity index (χ4n) is 5.41. The second kappa shape index (κ2) is 9.88. The van der Waals surface area contributed by atoms with Gasteiger partial charge in [0.2, 0.25) is 5.78 Å². The number of hydrogen-bond acceptors (Lipinski definition) is 6. The number of halogens is 2. The summed E-state index contributed by atoms with van der Waals surface area (Å²) in [5.74, 6) is -5.17. The van der Waals surface area contributed by atoms with E-state index < -0.39 is 61.4 Å². The largest absolute Gasteiger partial charge is 0.462 e. The number of ether oxygens (including phenoxy) is 1. The van der Waals surface area contributed by atoms with Crippen molar-refractivity contribution in [2.45, 2.75) is 51.9 Å². The SMILES string of the molecule is C[C@H]1OC(=O)[C@]2(C(=O)C#C[Si](C)(C)C)CC(F)(F)[C@@H](C)[C@H](C=Cc3ccc(-c4cccnc4C#N)cn3)[C@H]12. The van der Waals surface area contributed by atoms with Crippen LogP contribution in [0.4, 0.5) is 8.78 Å². The monoisotopic (exact) mass is 533 g/mol. The molecule has 0 spiro atoms. The van der Waals surface area contributed by atoms with Crippen molar-refractivity contribution in [3.05, 3.63) is 54.1 Å². The smallest absolute Gasteiger partial charge is 0.321 e. The number of ketones is 1. The molecule has 1 aliphatic carbocycles. The molecule has 5 atom stereocenters. The zero-order valence-corrected chi connectivity index (χ0v) is 23.0. The molecule has 2 aliphatic rings. The maximum atomic E-state index is 15.4. The molecule has 0 aromatic carbocycles. The number of carbonyl (C=O) groups is 2. The molecule has 0 N–H and O–H groups in total. The summed E-state index contributed by atoms with van der Waals surface area (Å²) in [4.78, 5) is 34.9. The summed E-state index contributed by atoms with van der Waals surface area (Å²) in [5.41, 5.74) is 3.03. The Morgan fingerprint density at radius 1 is 1.21 bits per heavy atom. The van der Waals surface area contributed by atoms with Gasteiger partial charge in [0.05, 0.1) is 5.69 Å². The summed E-state index contributed by atoms with van der Waals surface area (Å²) in [5, 5.41) is 9.31. The summed E-state index contributed by atoms with van der Waals surface area (Å²) in [6.45, 7) is 8.90. The van der Waals surface area contributed by atoms with Gasteiger partial charge in [-0.2, -0.15) is 5.26 Å². The first kappa shape index (κ1) is 27.3. The topological polar surface area (TPSA) is 92.9 Å². The van der Waals surface area contributed by atoms with Crippen LogP contribution in [0.5, 0.6) is 0 Å². The van der Waals surface area contributed by atoms with Crippen molar-refractivity contribution in [2.24, 2.45) is 23.2 Å². The van der Waals surface area contributed by atoms with Gasteiger partial charge in [-0.25, -0.2) is 13.8 Å². The predicted octanol–water partition coefficient (Wildman–Crippen LogP) is 5.32. The van der Waals surface area contributed by atoms with E-state index in [4.69, 9.17) is 4.74 Å². The van der Waals surface area contributed by atoms with Crippen molar-refractivity contribution in [3.8, 4) is 28.7 Å². The van der Waals surface area contributed by atoms with Crippen LogP contribution in [0.3, 0.4) is 0 Å². The Balaban J connectivity index is 1.70. The van der Waals surface area contributed by atoms with Crippen LogP contribution in [-0.2, 0) is 14.3 Å². The fourth-order valence-corrected chi connectivity index (χ4v) is 5.90. The highest BCUT2D eigenvalue weighted by Gasteiger charge is 2.71. The van der Waals surface area contributed by atoms with E-state index in [1.54, 1.807) is 49.5 Å². The highest BCUT2D eigenvalue weighted by Crippen LogP contribution is 2.59. The summed E-state index contributed by atoms with van der Waals surface area (Å²) < 4.78 is 36.3. The third-order valence-corrected chi connectivity index (χ3v) is 8.24. The van der Waals surface area contributed by atoms with Crippen molar-refractivity contribution in [1.82, 2.24) is 9.97 Å². The quantitative estimate of drug-likeness (QED) is 0.229. The highest BCUT2D eigenvalue weighted by atomic mass is 28.3. The van der Waals surface area contributed by atoms with Crippen molar-refractivity contribution in [1.29, 1.82) is 5.26 Å². The number of nitriles is 1. The van der Waals surface area contributed by atoms with Crippen LogP contribution in [0, 0.1) is 46.0 Å². The minimum Gasteiger partial charge on any atom is -0.462 e. The molecule has 2 aromatic rings. The molecule has 3 heterocycles. The fraction of sp³-hybridized carbons (Fsp3) is 0.414. The molecule has 0 bridgehead atoms. The maximum absolute atomic E-state index is 15.4. The Hall–Kier alpha value is -3.69. The number of Topliss-reactive ketones (excluding diaryl/α,β-unsaturated/α-hetero) is 1. The molecule has 1 aliphatic heterocycles. The number of hydrogen-bond donors (Lipinski definition) is 0. The molecular formula is C29H29F2N3O3Si. The van der Waals surface area contributed by atoms with Gasteiger partial charge < -0.3 is 4.74 Å². The van der Waals surface area contributed by atoms with Gasteiger partial charge in [-0.3, -0.25) is 14.6 Å². The Bertz CT molecular complexity index is 1400. The maximum Gasteiger partial charge on any atom is 0.321 e. The molecule has 2 aromatic heterocycles. The number of alkyl halides is 2. The average molecular weight is 534 g/mol. The van der Waals surface area contributed by atoms with Crippen LogP contribution in [0.15, 0.2) is 42.7 Å². The lowest BCUT2D eigenvalue weighted by atomic mass is 9.55. The third-order valence-electron chi connectivity index (χ3n) is 7.36. The minimum atomic E-state index is -3.28. The van der Waals surface area contributed by atoms with Gasteiger partial charge >= 0.3 is 5.97 Å². The van der Waals surface area contributed by atoms with Crippen LogP contribution < -0.4 is 0 Å². The first-order valence-electron chi connectivity index (χ1n) is 12.5. The van der Waals surface area contributed by atoms with Crippen molar-refractivity contribution >= 4 is 25.9 Å². The number of nitrogens with zero attached hydrogens (tertiary/aromatic N) is 3. The highest BCUT2D eigenvalue weighted by molar-refractivity contribution is 6.84. The van der Waals surface area contributed by atoms with E-state index in [9.17, 15) is 14.9 Å². The molecule has 0 unspecified atom stereocenters. The van der Waals surface area contributed by atoms with Gasteiger partial charge in [0.25, 0.3) is 5.92 Å². The lowest BCUT2D eigenvalue weighted by Gasteiger charge is -2.46. The summed E-state index contributed by atoms with van der Waals surface area (Å²) >= 11 is 0. The van der Waals surface area contributed by atoms with Gasteiger partial charge in [0.15, 0.2) is 5.41 Å². The summed E-state index contributed by atoms with van der Waals surface area (Å²) in [7, 11) is -2.00. The first-order valence-corrected chi connectivity index (χ1v) is 16.0. The minimum absolute atomic E-state index is 0.272. The van der Waals surface area contributed by atoms with Gasteiger partial charge in [-0.1, -0.05) is 38.7 Å². The molecule has 0 radical (unpaired) electrons. The van der Waals surface area contributed by atoms with Crippen LogP contribution in [0.25, 0.3) is 17.2 Å². The number of carbonyl (C=O) groups excluding carboxylic acids is 2. The van der Waals surface area contributed by atoms with E-state index in [2.05, 4.69) is 21.4 Å². The van der Waals surface area contributed by atoms with E-state index in [0.29, 0.717) is 16.8 Å². The Kier molecular flexibility index (Phi) is 7.11. The lowest BCUT2D eigenvalue weighted by Crippen LogP contribution is -2.56. The second-order valence-electron chi connectivity index (χ2n) is 11.1. The number of allylic oxidation sites excluding steroid dienone is 1. The predicted molar refractivity (Wildman–Crippen MR) is 141 cm³/mol. The Morgan fingerprint density at radius 2 is 1.95 bits per heavy atom. The van der Waals surface area contributed by atoms with E-state index >= 15 is 8.78 Å². The molecule has 9 heteroatoms. The summed E-state index contributed by atoms with van der Waals surface area (Å²) in [6, 6.07) is 9.03. The van der Waals surface area contributed by atoms with E-state index in [-0.39, 0.29) is 5.69 Å². The first-order chi connectivity index (χ1) is 17.8. The number of cyclic esters (lactones) is 1. The van der Waals surface area contributed by atoms with Crippen molar-refractivity contribution in [2.75, 3.05) is 0 Å². The van der Waals surface area contributed by atoms with Crippen LogP contribution >= 0.6 is 0 Å². The standard InChI is InChI=1S/C29H29F2N3O3Si/c1-18-22(11-10-21-9-8-20(16-34-21)23-7-6-13-33-24(23)15-32)26-19(2)37-27(36)28(26,17-29(18,30)31)25(35)12-14-38(3,4)5/h6-11,13,16,18-19,22,26H,17H2,1-5H3/t18-,19+,22-,26-,28-/m0/s1. The molecule has 38 heavy (non-hydrogen) atoms. The Labute approximate surface area is 222 Å². The normalized spacial score (nSPS) is 28.1. The molecule has 4 rings (SSSR count). The molecular weight excluding hydrogens is 504 g/mol. The molecule has 2 fully saturated rings. The summed E-state index contributed by atoms with van der Waals surface area (Å²) in [6.07, 6.45) is 4.73. The van der Waals surface area contributed by atoms with E-state index in [1.807, 2.05) is 25.7 Å². The van der Waals surface area contributed by atoms with Crippen LogP contribution in [0.1, 0.15) is 31.7 Å². The van der Waals surface area contributed by atoms with E-state index in [1.165, 1.54) is 13.1 Å². The number of esters is 1. The van der Waals surface area contributed by atoms with Crippen LogP contribution in [-0.4, -0.2) is 41.8 Å². The van der Waals surface area contributed by atoms with Gasteiger partial charge in [0, 0.05) is 41.8 Å². The number of pyridine rings is 2. The van der Waals surface area contributed by atoms with Crippen LogP contribution in [0.2, 0.25) is 19.6 Å². The zero-order valence-electron chi connectivity index (χ0n) is 22.0. The van der Waals surface area contributed by atoms with E-state index in [0.717, 1.165) is 0 Å². The third kappa shape index (κ3) is 4.91.